The fourth-order valence-electron chi connectivity index (χ4n) is 6.86. The van der Waals surface area contributed by atoms with Crippen molar-refractivity contribution in [3.05, 3.63) is 168 Å². The molecule has 44 heavy (non-hydrogen) atoms. The van der Waals surface area contributed by atoms with E-state index in [9.17, 15) is 0 Å². The highest BCUT2D eigenvalue weighted by Gasteiger charge is 2.45. The van der Waals surface area contributed by atoms with Crippen molar-refractivity contribution in [2.75, 3.05) is 0 Å². The summed E-state index contributed by atoms with van der Waals surface area (Å²) in [6, 6.07) is 55.1. The first-order valence-electron chi connectivity index (χ1n) is 15.8. The molecule has 0 saturated carbocycles. The molecular weight excluding hydrogens is 531 g/mol. The molecule has 6 rings (SSSR count). The highest BCUT2D eigenvalue weighted by atomic mass is 15.0. The Kier molecular flexibility index (Phi) is 8.48. The largest absolute Gasteiger partial charge is 0.406 e. The van der Waals surface area contributed by atoms with Crippen LogP contribution < -0.4 is 16.4 Å². The van der Waals surface area contributed by atoms with E-state index in [0.717, 1.165) is 11.4 Å². The molecular formula is C41H41BN2. The monoisotopic (exact) mass is 572 g/mol. The molecule has 3 heteroatoms. The summed E-state index contributed by atoms with van der Waals surface area (Å²) in [7, 11) is 0. The van der Waals surface area contributed by atoms with E-state index in [4.69, 9.17) is 0 Å². The number of H-pyrrole nitrogens is 1. The normalized spacial score (nSPS) is 12.2. The predicted molar refractivity (Wildman–Crippen MR) is 190 cm³/mol. The number of nitrogens with one attached hydrogen (secondary N) is 1. The van der Waals surface area contributed by atoms with Gasteiger partial charge >= 0.3 is 6.28 Å². The van der Waals surface area contributed by atoms with Gasteiger partial charge < -0.3 is 9.47 Å². The van der Waals surface area contributed by atoms with Gasteiger partial charge in [0.25, 0.3) is 0 Å². The number of aromatic nitrogens is 1. The second-order valence-corrected chi connectivity index (χ2v) is 12.4. The third kappa shape index (κ3) is 5.47. The zero-order valence-electron chi connectivity index (χ0n) is 26.2. The summed E-state index contributed by atoms with van der Waals surface area (Å²) in [4.78, 5) is 3.77. The topological polar surface area (TPSA) is 18.8 Å². The van der Waals surface area contributed by atoms with Gasteiger partial charge in [0.15, 0.2) is 5.69 Å². The van der Waals surface area contributed by atoms with Crippen molar-refractivity contribution in [2.24, 2.45) is 0 Å². The van der Waals surface area contributed by atoms with Crippen LogP contribution in [0.5, 0.6) is 0 Å². The Hall–Kier alpha value is -4.89. The van der Waals surface area contributed by atoms with Gasteiger partial charge in [0.05, 0.1) is 5.69 Å². The summed E-state index contributed by atoms with van der Waals surface area (Å²) in [5.41, 5.74) is 11.1. The fraction of sp³-hybridized carbons (Fsp3) is 0.146. The summed E-state index contributed by atoms with van der Waals surface area (Å²) >= 11 is 0. The predicted octanol–water partition coefficient (Wildman–Crippen LogP) is 8.36. The van der Waals surface area contributed by atoms with Crippen LogP contribution in [-0.2, 0) is 0 Å². The Labute approximate surface area is 262 Å². The summed E-state index contributed by atoms with van der Waals surface area (Å²) in [6.07, 6.45) is 0.674. The van der Waals surface area contributed by atoms with Gasteiger partial charge in [-0.25, -0.2) is 0 Å². The van der Waals surface area contributed by atoms with Gasteiger partial charge in [-0.2, -0.15) is 0 Å². The molecule has 0 amide bonds. The summed E-state index contributed by atoms with van der Waals surface area (Å²) < 4.78 is 2.63. The van der Waals surface area contributed by atoms with Crippen LogP contribution in [-0.4, -0.2) is 22.0 Å². The third-order valence-electron chi connectivity index (χ3n) is 8.94. The van der Waals surface area contributed by atoms with Gasteiger partial charge in [0, 0.05) is 16.8 Å². The maximum Gasteiger partial charge on any atom is 0.360 e. The van der Waals surface area contributed by atoms with Crippen LogP contribution in [0, 0.1) is 0 Å². The van der Waals surface area contributed by atoms with E-state index in [1.807, 2.05) is 0 Å². The van der Waals surface area contributed by atoms with E-state index in [2.05, 4.69) is 195 Å². The standard InChI is InChI=1S/C41H41BN2/c1-31(2)38-26-17-27-39(32(3)4)41(38)44(30-37-28-29-40(43-37)33-18-9-5-10-19-33)42(34-20-11-6-12-21-34,35-22-13-7-14-23-35)36-24-15-8-16-25-36/h5-32,43H,1-4H3/b44-30+. The smallest absolute Gasteiger partial charge is 0.360 e. The molecule has 5 aromatic carbocycles. The van der Waals surface area contributed by atoms with Crippen LogP contribution in [0.25, 0.3) is 11.3 Å². The SMILES string of the molecule is CC(C)c1cccc(C(C)C)c1/[N+](=C\c1ccc(-c2ccccc2)[nH]1)[B-](c1ccccc1)(c1ccccc1)c1ccccc1. The Morgan fingerprint density at radius 3 is 1.36 bits per heavy atom. The average molecular weight is 573 g/mol. The lowest BCUT2D eigenvalue weighted by atomic mass is 9.23. The molecule has 1 heterocycles. The second-order valence-electron chi connectivity index (χ2n) is 12.4. The number of nitrogens with zero attached hydrogens (tertiary/aromatic N) is 1. The molecule has 0 spiro atoms. The zero-order valence-corrected chi connectivity index (χ0v) is 26.2. The highest BCUT2D eigenvalue weighted by Crippen LogP contribution is 2.37. The minimum atomic E-state index is -1.69. The Morgan fingerprint density at radius 1 is 0.500 bits per heavy atom. The Bertz CT molecular complexity index is 1710. The number of hydrogen-bond donors (Lipinski definition) is 1. The molecule has 0 aliphatic carbocycles. The van der Waals surface area contributed by atoms with Crippen molar-refractivity contribution >= 4 is 34.6 Å². The summed E-state index contributed by atoms with van der Waals surface area (Å²) in [5.74, 6) is 0.665. The van der Waals surface area contributed by atoms with Crippen LogP contribution in [0.15, 0.2) is 152 Å². The molecule has 0 bridgehead atoms. The maximum absolute atomic E-state index is 3.77. The molecule has 6 aromatic rings. The van der Waals surface area contributed by atoms with Crippen LogP contribution in [0.3, 0.4) is 0 Å². The first-order valence-corrected chi connectivity index (χ1v) is 15.8. The minimum Gasteiger partial charge on any atom is -0.406 e. The van der Waals surface area contributed by atoms with Gasteiger partial charge in [0.2, 0.25) is 0 Å². The molecule has 0 aliphatic heterocycles. The lowest BCUT2D eigenvalue weighted by Crippen LogP contribution is -2.73. The van der Waals surface area contributed by atoms with Crippen LogP contribution in [0.2, 0.25) is 0 Å². The van der Waals surface area contributed by atoms with Crippen molar-refractivity contribution in [3.63, 3.8) is 0 Å². The van der Waals surface area contributed by atoms with Crippen LogP contribution in [0.4, 0.5) is 5.69 Å². The van der Waals surface area contributed by atoms with Crippen molar-refractivity contribution in [2.45, 2.75) is 39.5 Å². The number of rotatable bonds is 9. The quantitative estimate of drug-likeness (QED) is 0.133. The molecule has 0 radical (unpaired) electrons. The van der Waals surface area contributed by atoms with E-state index in [-0.39, 0.29) is 0 Å². The summed E-state index contributed by atoms with van der Waals surface area (Å²) in [5, 5.41) is 0. The van der Waals surface area contributed by atoms with Crippen molar-refractivity contribution in [1.82, 2.24) is 4.98 Å². The van der Waals surface area contributed by atoms with Crippen molar-refractivity contribution in [3.8, 4) is 11.3 Å². The molecule has 0 saturated heterocycles. The third-order valence-corrected chi connectivity index (χ3v) is 8.94. The van der Waals surface area contributed by atoms with Gasteiger partial charge in [-0.3, -0.25) is 0 Å². The number of benzene rings is 5. The molecule has 0 atom stereocenters. The minimum absolute atomic E-state index is 0.332. The average Bonchev–Trinajstić information content (AvgIpc) is 3.55. The summed E-state index contributed by atoms with van der Waals surface area (Å²) in [6.45, 7) is 9.24. The zero-order chi connectivity index (χ0) is 30.5. The maximum atomic E-state index is 3.77. The van der Waals surface area contributed by atoms with E-state index in [0.29, 0.717) is 11.8 Å². The first kappa shape index (κ1) is 29.2. The van der Waals surface area contributed by atoms with Crippen LogP contribution >= 0.6 is 0 Å². The van der Waals surface area contributed by atoms with Gasteiger partial charge in [-0.05, 0) is 29.5 Å². The van der Waals surface area contributed by atoms with Crippen LogP contribution in [0.1, 0.15) is 56.4 Å². The molecule has 0 unspecified atom stereocenters. The lowest BCUT2D eigenvalue weighted by Gasteiger charge is -2.41. The first-order chi connectivity index (χ1) is 21.5. The molecule has 2 nitrogen and oxygen atoms in total. The van der Waals surface area contributed by atoms with Gasteiger partial charge in [0.1, 0.15) is 6.21 Å². The number of hydrogen-bond acceptors (Lipinski definition) is 0. The molecule has 0 fully saturated rings. The van der Waals surface area contributed by atoms with E-state index >= 15 is 0 Å². The van der Waals surface area contributed by atoms with Gasteiger partial charge in [-0.15, -0.1) is 16.4 Å². The highest BCUT2D eigenvalue weighted by molar-refractivity contribution is 7.06. The Morgan fingerprint density at radius 2 is 0.932 bits per heavy atom. The number of para-hydroxylation sites is 1. The van der Waals surface area contributed by atoms with E-state index < -0.39 is 6.28 Å². The van der Waals surface area contributed by atoms with E-state index in [1.165, 1.54) is 38.8 Å². The van der Waals surface area contributed by atoms with Gasteiger partial charge in [-0.1, -0.05) is 167 Å². The Balaban J connectivity index is 1.79. The molecule has 1 N–H and O–H groups in total. The van der Waals surface area contributed by atoms with Crippen molar-refractivity contribution < 1.29 is 4.49 Å². The van der Waals surface area contributed by atoms with E-state index in [1.54, 1.807) is 0 Å². The fourth-order valence-corrected chi connectivity index (χ4v) is 6.86. The number of aromatic amines is 1. The molecule has 0 aliphatic rings. The molecule has 1 aromatic heterocycles. The molecule has 218 valence electrons. The lowest BCUT2D eigenvalue weighted by molar-refractivity contribution is -0.284. The van der Waals surface area contributed by atoms with Crippen molar-refractivity contribution in [1.29, 1.82) is 0 Å². The second kappa shape index (κ2) is 12.8.